The van der Waals surface area contributed by atoms with Gasteiger partial charge in [0.15, 0.2) is 0 Å². The van der Waals surface area contributed by atoms with Gasteiger partial charge in [-0.2, -0.15) is 0 Å². The van der Waals surface area contributed by atoms with Crippen LogP contribution in [-0.2, 0) is 45.7 Å². The molecule has 11 nitrogen and oxygen atoms in total. The smallest absolute Gasteiger partial charge is 0.342 e. The zero-order valence-electron chi connectivity index (χ0n) is 23.0. The van der Waals surface area contributed by atoms with E-state index in [1.54, 1.807) is 39.0 Å². The molecule has 2 rings (SSSR count). The summed E-state index contributed by atoms with van der Waals surface area (Å²) in [4.78, 5) is 35.4. The molecule has 0 amide bonds. The molecule has 12 heteroatoms. The molecule has 0 saturated heterocycles. The second-order valence-electron chi connectivity index (χ2n) is 8.98. The van der Waals surface area contributed by atoms with Gasteiger partial charge in [0, 0.05) is 18.2 Å². The first-order chi connectivity index (χ1) is 18.5. The first-order valence-corrected chi connectivity index (χ1v) is 14.3. The number of aromatic hydroxyl groups is 1. The lowest BCUT2D eigenvalue weighted by atomic mass is 9.93. The molecule has 0 aliphatic carbocycles. The summed E-state index contributed by atoms with van der Waals surface area (Å²) in [6.07, 6.45) is 5.43. The largest absolute Gasteiger partial charge is 0.507 e. The number of hydrogen-bond acceptors (Lipinski definition) is 10. The van der Waals surface area contributed by atoms with Crippen molar-refractivity contribution in [1.82, 2.24) is 0 Å². The van der Waals surface area contributed by atoms with Crippen LogP contribution in [0.1, 0.15) is 60.2 Å². The number of carbonyl (C=O) groups is 3. The van der Waals surface area contributed by atoms with Crippen LogP contribution in [0.5, 0.6) is 11.5 Å². The van der Waals surface area contributed by atoms with Crippen LogP contribution >= 0.6 is 7.60 Å². The van der Waals surface area contributed by atoms with E-state index < -0.39 is 31.4 Å². The van der Waals surface area contributed by atoms with Gasteiger partial charge in [0.2, 0.25) is 0 Å². The fourth-order valence-electron chi connectivity index (χ4n) is 4.19. The number of phenols is 1. The van der Waals surface area contributed by atoms with Crippen LogP contribution in [0.15, 0.2) is 23.8 Å². The zero-order chi connectivity index (χ0) is 29.2. The van der Waals surface area contributed by atoms with Crippen molar-refractivity contribution in [3.05, 3.63) is 46.1 Å². The van der Waals surface area contributed by atoms with Crippen molar-refractivity contribution in [1.29, 1.82) is 0 Å². The molecule has 1 heterocycles. The first-order valence-electron chi connectivity index (χ1n) is 12.5. The summed E-state index contributed by atoms with van der Waals surface area (Å²) in [7, 11) is -0.760. The second-order valence-corrected chi connectivity index (χ2v) is 11.2. The maximum absolute atomic E-state index is 12.7. The lowest BCUT2D eigenvalue weighted by Gasteiger charge is -2.16. The molecule has 1 aromatic carbocycles. The van der Waals surface area contributed by atoms with Crippen LogP contribution < -0.4 is 4.74 Å². The third kappa shape index (κ3) is 8.68. The Kier molecular flexibility index (Phi) is 12.2. The Labute approximate surface area is 228 Å². The van der Waals surface area contributed by atoms with Gasteiger partial charge >= 0.3 is 25.5 Å². The average molecular weight is 569 g/mol. The highest BCUT2D eigenvalue weighted by atomic mass is 31.2. The quantitative estimate of drug-likeness (QED) is 0.162. The van der Waals surface area contributed by atoms with Crippen LogP contribution in [0, 0.1) is 12.8 Å². The van der Waals surface area contributed by atoms with Crippen molar-refractivity contribution < 1.29 is 52.4 Å². The standard InChI is InChI=1S/C27H37O11P/c1-6-36-22(28)12-13-38-39(33,35-5)14-8-7-9-19(26(30)31)15-17(2)10-11-20-24(29)23-21(16-37-27(23)32)18(3)25(20)34-4/h7-8,10,19,29H,6,9,11-16H2,1-5H3,(H,30,31). The van der Waals surface area contributed by atoms with E-state index in [1.807, 2.05) is 0 Å². The monoisotopic (exact) mass is 568 g/mol. The van der Waals surface area contributed by atoms with E-state index in [4.69, 9.17) is 23.3 Å². The molecule has 0 bridgehead atoms. The van der Waals surface area contributed by atoms with Crippen molar-refractivity contribution in [3.63, 3.8) is 0 Å². The molecule has 0 spiro atoms. The molecule has 0 fully saturated rings. The summed E-state index contributed by atoms with van der Waals surface area (Å²) in [6.45, 7) is 5.45. The number of rotatable bonds is 16. The number of carbonyl (C=O) groups excluding carboxylic acids is 2. The number of phenolic OH excluding ortho intramolecular Hbond substituents is 1. The summed E-state index contributed by atoms with van der Waals surface area (Å²) in [5, 5.41) is 20.5. The maximum Gasteiger partial charge on any atom is 0.342 e. The molecule has 2 N–H and O–H groups in total. The Bertz CT molecular complexity index is 1170. The maximum atomic E-state index is 12.7. The summed E-state index contributed by atoms with van der Waals surface area (Å²) < 4.78 is 38.3. The number of ether oxygens (including phenoxy) is 3. The van der Waals surface area contributed by atoms with Crippen molar-refractivity contribution in [3.8, 4) is 11.5 Å². The van der Waals surface area contributed by atoms with Crippen LogP contribution in [0.4, 0.5) is 0 Å². The molecule has 216 valence electrons. The van der Waals surface area contributed by atoms with E-state index in [0.29, 0.717) is 22.4 Å². The minimum Gasteiger partial charge on any atom is -0.507 e. The number of carboxylic acid groups (broad SMARTS) is 1. The zero-order valence-corrected chi connectivity index (χ0v) is 23.9. The lowest BCUT2D eigenvalue weighted by Crippen LogP contribution is -2.13. The number of fused-ring (bicyclic) bond motifs is 1. The normalized spacial score (nSPS) is 15.5. The molecule has 0 saturated carbocycles. The highest BCUT2D eigenvalue weighted by molar-refractivity contribution is 7.54. The third-order valence-corrected chi connectivity index (χ3v) is 8.10. The van der Waals surface area contributed by atoms with Gasteiger partial charge in [-0.3, -0.25) is 14.2 Å². The van der Waals surface area contributed by atoms with E-state index in [9.17, 15) is 29.2 Å². The minimum atomic E-state index is -3.48. The summed E-state index contributed by atoms with van der Waals surface area (Å²) in [5.74, 6) is -2.54. The van der Waals surface area contributed by atoms with Crippen LogP contribution in [-0.4, -0.2) is 61.7 Å². The highest BCUT2D eigenvalue weighted by Crippen LogP contribution is 2.47. The molecule has 2 atom stereocenters. The van der Waals surface area contributed by atoms with E-state index in [-0.39, 0.29) is 63.0 Å². The number of esters is 2. The van der Waals surface area contributed by atoms with Gasteiger partial charge in [-0.1, -0.05) is 23.8 Å². The Morgan fingerprint density at radius 3 is 2.56 bits per heavy atom. The summed E-state index contributed by atoms with van der Waals surface area (Å²) in [5.41, 5.74) is 2.64. The van der Waals surface area contributed by atoms with Crippen LogP contribution in [0.3, 0.4) is 0 Å². The van der Waals surface area contributed by atoms with Crippen molar-refractivity contribution in [2.45, 2.75) is 53.1 Å². The van der Waals surface area contributed by atoms with Gasteiger partial charge in [-0.25, -0.2) is 4.79 Å². The topological polar surface area (TPSA) is 155 Å². The summed E-state index contributed by atoms with van der Waals surface area (Å²) >= 11 is 0. The van der Waals surface area contributed by atoms with Gasteiger partial charge in [-0.05, 0) is 45.6 Å². The molecular weight excluding hydrogens is 531 g/mol. The first kappa shape index (κ1) is 32.1. The van der Waals surface area contributed by atoms with Crippen LogP contribution in [0.25, 0.3) is 0 Å². The Morgan fingerprint density at radius 2 is 1.95 bits per heavy atom. The fourth-order valence-corrected chi connectivity index (χ4v) is 5.33. The molecule has 1 aliphatic heterocycles. The number of cyclic esters (lactones) is 1. The van der Waals surface area contributed by atoms with Crippen LogP contribution in [0.2, 0.25) is 0 Å². The van der Waals surface area contributed by atoms with Crippen molar-refractivity contribution in [2.24, 2.45) is 5.92 Å². The number of benzene rings is 1. The van der Waals surface area contributed by atoms with E-state index in [2.05, 4.69) is 0 Å². The molecule has 39 heavy (non-hydrogen) atoms. The molecule has 0 aromatic heterocycles. The van der Waals surface area contributed by atoms with Gasteiger partial charge < -0.3 is 33.5 Å². The number of methoxy groups -OCH3 is 1. The summed E-state index contributed by atoms with van der Waals surface area (Å²) in [6, 6.07) is 0. The third-order valence-electron chi connectivity index (χ3n) is 6.31. The van der Waals surface area contributed by atoms with Gasteiger partial charge in [0.05, 0.1) is 38.8 Å². The molecule has 1 aromatic rings. The number of aliphatic carboxylic acids is 1. The van der Waals surface area contributed by atoms with E-state index in [1.165, 1.54) is 14.2 Å². The van der Waals surface area contributed by atoms with Gasteiger partial charge in [0.1, 0.15) is 23.7 Å². The molecule has 2 unspecified atom stereocenters. The predicted octanol–water partition coefficient (Wildman–Crippen LogP) is 4.71. The fraction of sp³-hybridized carbons (Fsp3) is 0.519. The lowest BCUT2D eigenvalue weighted by molar-refractivity contribution is -0.144. The molecular formula is C27H37O11P. The Balaban J connectivity index is 2.02. The van der Waals surface area contributed by atoms with Gasteiger partial charge in [0.25, 0.3) is 0 Å². The van der Waals surface area contributed by atoms with Crippen molar-refractivity contribution in [2.75, 3.05) is 33.6 Å². The Hall–Kier alpha value is -3.14. The highest BCUT2D eigenvalue weighted by Gasteiger charge is 2.32. The minimum absolute atomic E-state index is 0.0592. The number of carboxylic acids is 1. The molecule has 1 aliphatic rings. The Morgan fingerprint density at radius 1 is 1.23 bits per heavy atom. The van der Waals surface area contributed by atoms with Crippen molar-refractivity contribution >= 4 is 25.5 Å². The number of hydrogen-bond donors (Lipinski definition) is 2. The van der Waals surface area contributed by atoms with Gasteiger partial charge in [-0.15, -0.1) is 0 Å². The SMILES string of the molecule is CCOC(=O)CCOP(=O)(CC=CCC(CC(C)=CCc1c(O)c2c(c(C)c1OC)COC2=O)C(=O)O)OC. The predicted molar refractivity (Wildman–Crippen MR) is 142 cm³/mol. The second kappa shape index (κ2) is 14.9. The molecule has 0 radical (unpaired) electrons. The average Bonchev–Trinajstić information content (AvgIpc) is 3.29. The number of allylic oxidation sites excluding steroid dienone is 4. The van der Waals surface area contributed by atoms with E-state index in [0.717, 1.165) is 5.57 Å². The van der Waals surface area contributed by atoms with E-state index >= 15 is 0 Å².